The van der Waals surface area contributed by atoms with Gasteiger partial charge in [-0.05, 0) is 35.4 Å². The quantitative estimate of drug-likeness (QED) is 0.473. The molecule has 1 aliphatic rings. The van der Waals surface area contributed by atoms with Crippen LogP contribution in [0.15, 0.2) is 65.6 Å². The van der Waals surface area contributed by atoms with Gasteiger partial charge in [0, 0.05) is 42.2 Å². The zero-order valence-corrected chi connectivity index (χ0v) is 17.8. The van der Waals surface area contributed by atoms with Crippen molar-refractivity contribution in [1.29, 1.82) is 0 Å². The maximum Gasteiger partial charge on any atom is 0.258 e. The Morgan fingerprint density at radius 2 is 1.77 bits per heavy atom. The molecular formula is C23H20Cl2N4O. The predicted octanol–water partition coefficient (Wildman–Crippen LogP) is 4.41. The molecule has 0 unspecified atom stereocenters. The largest absolute Gasteiger partial charge is 0.294 e. The van der Waals surface area contributed by atoms with Crippen molar-refractivity contribution in [2.24, 2.45) is 0 Å². The summed E-state index contributed by atoms with van der Waals surface area (Å²) in [6.07, 6.45) is 2.54. The van der Waals surface area contributed by atoms with Crippen LogP contribution >= 0.6 is 23.2 Å². The molecule has 0 bridgehead atoms. The number of hydrogen-bond donors (Lipinski definition) is 0. The Balaban J connectivity index is 1.51. The number of fused-ring (bicyclic) bond motifs is 3. The molecule has 0 saturated carbocycles. The van der Waals surface area contributed by atoms with Gasteiger partial charge < -0.3 is 0 Å². The molecule has 4 aromatic rings. The first-order valence-electron chi connectivity index (χ1n) is 9.88. The second kappa shape index (κ2) is 7.91. The summed E-state index contributed by atoms with van der Waals surface area (Å²) in [7, 11) is 0. The van der Waals surface area contributed by atoms with E-state index in [-0.39, 0.29) is 5.56 Å². The number of hydrogen-bond acceptors (Lipinski definition) is 3. The molecule has 0 atom stereocenters. The van der Waals surface area contributed by atoms with Gasteiger partial charge in [-0.2, -0.15) is 5.10 Å². The third-order valence-corrected chi connectivity index (χ3v) is 6.09. The summed E-state index contributed by atoms with van der Waals surface area (Å²) in [5, 5.41) is 5.92. The second-order valence-corrected chi connectivity index (χ2v) is 8.51. The fourth-order valence-corrected chi connectivity index (χ4v) is 4.50. The van der Waals surface area contributed by atoms with E-state index < -0.39 is 0 Å². The number of halogens is 2. The van der Waals surface area contributed by atoms with E-state index in [2.05, 4.69) is 16.1 Å². The minimum absolute atomic E-state index is 0.0451. The molecule has 0 radical (unpaired) electrons. The SMILES string of the molecule is O=c1c2c(n3nccc3n1Cc1ccc(Cl)cc1)CCN(Cc1cccc(Cl)c1)C2. The maximum absolute atomic E-state index is 13.5. The summed E-state index contributed by atoms with van der Waals surface area (Å²) in [6, 6.07) is 17.4. The minimum atomic E-state index is 0.0451. The van der Waals surface area contributed by atoms with Crippen LogP contribution in [0.4, 0.5) is 0 Å². The average molecular weight is 439 g/mol. The Morgan fingerprint density at radius 1 is 0.933 bits per heavy atom. The zero-order valence-electron chi connectivity index (χ0n) is 16.3. The van der Waals surface area contributed by atoms with Crippen LogP contribution in [0.25, 0.3) is 5.65 Å². The van der Waals surface area contributed by atoms with Gasteiger partial charge >= 0.3 is 0 Å². The first-order chi connectivity index (χ1) is 14.6. The van der Waals surface area contributed by atoms with Gasteiger partial charge in [-0.1, -0.05) is 47.5 Å². The topological polar surface area (TPSA) is 42.5 Å². The van der Waals surface area contributed by atoms with Crippen LogP contribution in [0, 0.1) is 0 Å². The van der Waals surface area contributed by atoms with E-state index in [4.69, 9.17) is 23.2 Å². The van der Waals surface area contributed by atoms with Gasteiger partial charge in [0.15, 0.2) is 0 Å². The number of nitrogens with zero attached hydrogens (tertiary/aromatic N) is 4. The van der Waals surface area contributed by atoms with Crippen molar-refractivity contribution >= 4 is 28.8 Å². The molecule has 0 fully saturated rings. The number of benzene rings is 2. The zero-order chi connectivity index (χ0) is 20.7. The number of rotatable bonds is 4. The van der Waals surface area contributed by atoms with E-state index in [0.29, 0.717) is 18.1 Å². The summed E-state index contributed by atoms with van der Waals surface area (Å²) in [6.45, 7) is 2.70. The fraction of sp³-hybridized carbons (Fsp3) is 0.217. The normalized spacial score (nSPS) is 14.2. The molecule has 2 aromatic carbocycles. The highest BCUT2D eigenvalue weighted by Crippen LogP contribution is 2.21. The monoisotopic (exact) mass is 438 g/mol. The van der Waals surface area contributed by atoms with Gasteiger partial charge in [-0.3, -0.25) is 14.3 Å². The van der Waals surface area contributed by atoms with Crippen molar-refractivity contribution in [1.82, 2.24) is 19.1 Å². The van der Waals surface area contributed by atoms with Crippen LogP contribution in [0.1, 0.15) is 22.4 Å². The van der Waals surface area contributed by atoms with Gasteiger partial charge in [-0.25, -0.2) is 4.52 Å². The van der Waals surface area contributed by atoms with Crippen molar-refractivity contribution in [3.05, 3.63) is 104 Å². The molecule has 1 aliphatic heterocycles. The van der Waals surface area contributed by atoms with Crippen LogP contribution in [0.5, 0.6) is 0 Å². The lowest BCUT2D eigenvalue weighted by atomic mass is 10.1. The second-order valence-electron chi connectivity index (χ2n) is 7.63. The van der Waals surface area contributed by atoms with Gasteiger partial charge in [0.25, 0.3) is 5.56 Å². The van der Waals surface area contributed by atoms with Crippen LogP contribution in [-0.4, -0.2) is 25.6 Å². The maximum atomic E-state index is 13.5. The highest BCUT2D eigenvalue weighted by atomic mass is 35.5. The van der Waals surface area contributed by atoms with E-state index in [1.54, 1.807) is 10.8 Å². The van der Waals surface area contributed by atoms with Gasteiger partial charge in [0.1, 0.15) is 5.65 Å². The predicted molar refractivity (Wildman–Crippen MR) is 119 cm³/mol. The Morgan fingerprint density at radius 3 is 2.57 bits per heavy atom. The third kappa shape index (κ3) is 3.65. The van der Waals surface area contributed by atoms with E-state index >= 15 is 0 Å². The van der Waals surface area contributed by atoms with Gasteiger partial charge in [0.05, 0.1) is 24.0 Å². The van der Waals surface area contributed by atoms with Crippen molar-refractivity contribution in [3.63, 3.8) is 0 Å². The lowest BCUT2D eigenvalue weighted by Crippen LogP contribution is -2.39. The van der Waals surface area contributed by atoms with Crippen LogP contribution in [-0.2, 0) is 26.1 Å². The molecule has 5 nitrogen and oxygen atoms in total. The molecule has 2 aromatic heterocycles. The summed E-state index contributed by atoms with van der Waals surface area (Å²) in [5.41, 5.74) is 4.85. The van der Waals surface area contributed by atoms with E-state index in [9.17, 15) is 4.79 Å². The Labute approximate surface area is 184 Å². The number of aromatic nitrogens is 3. The lowest BCUT2D eigenvalue weighted by Gasteiger charge is -2.29. The standard InChI is InChI=1S/C23H20Cl2N4O/c24-18-6-4-16(5-7-18)14-28-22-8-10-26-29(22)21-9-11-27(15-20(21)23(28)30)13-17-2-1-3-19(25)12-17/h1-8,10,12H,9,11,13-15H2. The van der Waals surface area contributed by atoms with E-state index in [1.165, 1.54) is 0 Å². The summed E-state index contributed by atoms with van der Waals surface area (Å²) < 4.78 is 3.72. The van der Waals surface area contributed by atoms with Crippen molar-refractivity contribution < 1.29 is 0 Å². The average Bonchev–Trinajstić information content (AvgIpc) is 3.22. The summed E-state index contributed by atoms with van der Waals surface area (Å²) in [4.78, 5) is 15.8. The van der Waals surface area contributed by atoms with E-state index in [1.807, 2.05) is 53.0 Å². The lowest BCUT2D eigenvalue weighted by molar-refractivity contribution is 0.239. The van der Waals surface area contributed by atoms with Crippen LogP contribution in [0.3, 0.4) is 0 Å². The Bertz CT molecular complexity index is 1280. The highest BCUT2D eigenvalue weighted by molar-refractivity contribution is 6.30. The first kappa shape index (κ1) is 19.4. The molecule has 30 heavy (non-hydrogen) atoms. The minimum Gasteiger partial charge on any atom is -0.294 e. The molecule has 0 spiro atoms. The van der Waals surface area contributed by atoms with Crippen molar-refractivity contribution in [2.75, 3.05) is 6.54 Å². The first-order valence-corrected chi connectivity index (χ1v) is 10.6. The molecular weight excluding hydrogens is 419 g/mol. The van der Waals surface area contributed by atoms with Crippen LogP contribution in [0.2, 0.25) is 10.0 Å². The molecule has 5 rings (SSSR count). The van der Waals surface area contributed by atoms with Crippen LogP contribution < -0.4 is 5.56 Å². The van der Waals surface area contributed by atoms with E-state index in [0.717, 1.165) is 52.6 Å². The van der Waals surface area contributed by atoms with Crippen molar-refractivity contribution in [3.8, 4) is 0 Å². The molecule has 0 aliphatic carbocycles. The smallest absolute Gasteiger partial charge is 0.258 e. The Kier molecular flexibility index (Phi) is 5.11. The molecule has 0 amide bonds. The highest BCUT2D eigenvalue weighted by Gasteiger charge is 2.24. The third-order valence-electron chi connectivity index (χ3n) is 5.60. The molecule has 7 heteroatoms. The summed E-state index contributed by atoms with van der Waals surface area (Å²) >= 11 is 12.2. The van der Waals surface area contributed by atoms with Gasteiger partial charge in [-0.15, -0.1) is 0 Å². The molecule has 152 valence electrons. The summed E-state index contributed by atoms with van der Waals surface area (Å²) in [5.74, 6) is 0. The molecule has 3 heterocycles. The van der Waals surface area contributed by atoms with Gasteiger partial charge in [0.2, 0.25) is 0 Å². The fourth-order valence-electron chi connectivity index (χ4n) is 4.16. The Hall–Kier alpha value is -2.60. The van der Waals surface area contributed by atoms with Crippen molar-refractivity contribution in [2.45, 2.75) is 26.1 Å². The molecule has 0 saturated heterocycles. The molecule has 0 N–H and O–H groups in total.